The van der Waals surface area contributed by atoms with E-state index >= 15 is 0 Å². The molecule has 0 radical (unpaired) electrons. The van der Waals surface area contributed by atoms with Gasteiger partial charge in [-0.15, -0.1) is 0 Å². The smallest absolute Gasteiger partial charge is 0.0555 e. The number of nitrogens with two attached hydrogens (primary N) is 1. The van der Waals surface area contributed by atoms with Crippen LogP contribution in [-0.4, -0.2) is 30.8 Å². The number of aliphatic hydroxyl groups is 1. The van der Waals surface area contributed by atoms with E-state index in [9.17, 15) is 0 Å². The van der Waals surface area contributed by atoms with Gasteiger partial charge in [0.15, 0.2) is 0 Å². The SMILES string of the molecule is N[C@@H]1CC[C@H](CNCCO)C1. The van der Waals surface area contributed by atoms with Gasteiger partial charge >= 0.3 is 0 Å². The van der Waals surface area contributed by atoms with Crippen LogP contribution in [0.2, 0.25) is 0 Å². The van der Waals surface area contributed by atoms with Crippen LogP contribution >= 0.6 is 0 Å². The molecule has 11 heavy (non-hydrogen) atoms. The predicted molar refractivity (Wildman–Crippen MR) is 45.3 cm³/mol. The van der Waals surface area contributed by atoms with Crippen molar-refractivity contribution in [2.75, 3.05) is 19.7 Å². The largest absolute Gasteiger partial charge is 0.395 e. The van der Waals surface area contributed by atoms with E-state index in [-0.39, 0.29) is 6.61 Å². The molecule has 0 saturated heterocycles. The van der Waals surface area contributed by atoms with Crippen molar-refractivity contribution in [2.45, 2.75) is 25.3 Å². The van der Waals surface area contributed by atoms with Crippen molar-refractivity contribution < 1.29 is 5.11 Å². The summed E-state index contributed by atoms with van der Waals surface area (Å²) in [5.74, 6) is 0.747. The molecule has 1 aliphatic carbocycles. The minimum absolute atomic E-state index is 0.235. The van der Waals surface area contributed by atoms with Gasteiger partial charge in [-0.1, -0.05) is 0 Å². The minimum atomic E-state index is 0.235. The third kappa shape index (κ3) is 3.18. The molecule has 0 amide bonds. The zero-order valence-electron chi connectivity index (χ0n) is 6.92. The van der Waals surface area contributed by atoms with Gasteiger partial charge in [0.1, 0.15) is 0 Å². The second kappa shape index (κ2) is 4.70. The van der Waals surface area contributed by atoms with Crippen LogP contribution in [0.25, 0.3) is 0 Å². The third-order valence-electron chi connectivity index (χ3n) is 2.30. The van der Waals surface area contributed by atoms with Crippen molar-refractivity contribution in [1.29, 1.82) is 0 Å². The molecule has 0 aromatic rings. The normalized spacial score (nSPS) is 31.1. The fraction of sp³-hybridized carbons (Fsp3) is 1.00. The Balaban J connectivity index is 1.99. The number of hydrogen-bond donors (Lipinski definition) is 3. The van der Waals surface area contributed by atoms with Gasteiger partial charge in [-0.3, -0.25) is 0 Å². The first kappa shape index (κ1) is 8.97. The molecular weight excluding hydrogens is 140 g/mol. The third-order valence-corrected chi connectivity index (χ3v) is 2.30. The van der Waals surface area contributed by atoms with Crippen molar-refractivity contribution >= 4 is 0 Å². The average Bonchev–Trinajstić information content (AvgIpc) is 2.37. The Morgan fingerprint density at radius 1 is 1.45 bits per heavy atom. The molecule has 0 heterocycles. The highest BCUT2D eigenvalue weighted by Gasteiger charge is 2.20. The lowest BCUT2D eigenvalue weighted by molar-refractivity contribution is 0.288. The van der Waals surface area contributed by atoms with E-state index in [0.717, 1.165) is 18.9 Å². The molecule has 3 heteroatoms. The van der Waals surface area contributed by atoms with Crippen LogP contribution < -0.4 is 11.1 Å². The van der Waals surface area contributed by atoms with Gasteiger partial charge in [0, 0.05) is 12.6 Å². The standard InChI is InChI=1S/C8H18N2O/c9-8-2-1-7(5-8)6-10-3-4-11/h7-8,10-11H,1-6,9H2/t7-,8+/m0/s1. The van der Waals surface area contributed by atoms with Crippen molar-refractivity contribution in [3.8, 4) is 0 Å². The van der Waals surface area contributed by atoms with Crippen molar-refractivity contribution in [3.63, 3.8) is 0 Å². The fourth-order valence-electron chi connectivity index (χ4n) is 1.68. The summed E-state index contributed by atoms with van der Waals surface area (Å²) in [6.07, 6.45) is 3.57. The molecule has 0 aromatic carbocycles. The van der Waals surface area contributed by atoms with Gasteiger partial charge in [0.25, 0.3) is 0 Å². The topological polar surface area (TPSA) is 58.3 Å². The highest BCUT2D eigenvalue weighted by atomic mass is 16.3. The van der Waals surface area contributed by atoms with E-state index in [0.29, 0.717) is 12.6 Å². The molecule has 1 rings (SSSR count). The maximum atomic E-state index is 8.50. The Morgan fingerprint density at radius 3 is 2.82 bits per heavy atom. The zero-order chi connectivity index (χ0) is 8.10. The summed E-state index contributed by atoms with van der Waals surface area (Å²) >= 11 is 0. The lowest BCUT2D eigenvalue weighted by Gasteiger charge is -2.09. The molecule has 4 N–H and O–H groups in total. The predicted octanol–water partition coefficient (Wildman–Crippen LogP) is -0.304. The Hall–Kier alpha value is -0.120. The molecule has 1 saturated carbocycles. The molecule has 0 aromatic heterocycles. The Morgan fingerprint density at radius 2 is 2.27 bits per heavy atom. The molecule has 0 unspecified atom stereocenters. The lowest BCUT2D eigenvalue weighted by atomic mass is 10.1. The molecule has 1 fully saturated rings. The molecule has 2 atom stereocenters. The highest BCUT2D eigenvalue weighted by Crippen LogP contribution is 2.22. The van der Waals surface area contributed by atoms with Crippen LogP contribution in [0.4, 0.5) is 0 Å². The average molecular weight is 158 g/mol. The fourth-order valence-corrected chi connectivity index (χ4v) is 1.68. The molecule has 66 valence electrons. The zero-order valence-corrected chi connectivity index (χ0v) is 6.92. The van der Waals surface area contributed by atoms with Crippen LogP contribution in [-0.2, 0) is 0 Å². The van der Waals surface area contributed by atoms with Crippen LogP contribution in [0.1, 0.15) is 19.3 Å². The monoisotopic (exact) mass is 158 g/mol. The molecule has 0 bridgehead atoms. The van der Waals surface area contributed by atoms with E-state index in [1.807, 2.05) is 0 Å². The first-order valence-electron chi connectivity index (χ1n) is 4.40. The summed E-state index contributed by atoms with van der Waals surface area (Å²) in [7, 11) is 0. The number of rotatable bonds is 4. The van der Waals surface area contributed by atoms with Crippen LogP contribution in [0, 0.1) is 5.92 Å². The summed E-state index contributed by atoms with van der Waals surface area (Å²) in [4.78, 5) is 0. The molecule has 3 nitrogen and oxygen atoms in total. The van der Waals surface area contributed by atoms with Crippen molar-refractivity contribution in [2.24, 2.45) is 11.7 Å². The van der Waals surface area contributed by atoms with E-state index in [4.69, 9.17) is 10.8 Å². The van der Waals surface area contributed by atoms with Crippen molar-refractivity contribution in [3.05, 3.63) is 0 Å². The summed E-state index contributed by atoms with van der Waals surface area (Å²) in [5, 5.41) is 11.7. The quantitative estimate of drug-likeness (QED) is 0.492. The van der Waals surface area contributed by atoms with Crippen molar-refractivity contribution in [1.82, 2.24) is 5.32 Å². The summed E-state index contributed by atoms with van der Waals surface area (Å²) in [6.45, 7) is 1.97. The van der Waals surface area contributed by atoms with Crippen LogP contribution in [0.15, 0.2) is 0 Å². The highest BCUT2D eigenvalue weighted by molar-refractivity contribution is 4.78. The molecule has 0 spiro atoms. The minimum Gasteiger partial charge on any atom is -0.395 e. The van der Waals surface area contributed by atoms with Gasteiger partial charge in [0.2, 0.25) is 0 Å². The Kier molecular flexibility index (Phi) is 3.83. The van der Waals surface area contributed by atoms with E-state index < -0.39 is 0 Å². The van der Waals surface area contributed by atoms with Gasteiger partial charge in [-0.2, -0.15) is 0 Å². The summed E-state index contributed by atoms with van der Waals surface area (Å²) in [5.41, 5.74) is 5.75. The lowest BCUT2D eigenvalue weighted by Crippen LogP contribution is -2.25. The van der Waals surface area contributed by atoms with Gasteiger partial charge in [-0.25, -0.2) is 0 Å². The first-order valence-corrected chi connectivity index (χ1v) is 4.40. The summed E-state index contributed by atoms with van der Waals surface area (Å²) < 4.78 is 0. The number of nitrogens with one attached hydrogen (secondary N) is 1. The van der Waals surface area contributed by atoms with Gasteiger partial charge < -0.3 is 16.2 Å². The van der Waals surface area contributed by atoms with E-state index in [2.05, 4.69) is 5.32 Å². The Labute approximate surface area is 68.0 Å². The molecule has 1 aliphatic rings. The van der Waals surface area contributed by atoms with E-state index in [1.54, 1.807) is 0 Å². The van der Waals surface area contributed by atoms with E-state index in [1.165, 1.54) is 12.8 Å². The molecule has 0 aliphatic heterocycles. The maximum Gasteiger partial charge on any atom is 0.0555 e. The van der Waals surface area contributed by atoms with Crippen LogP contribution in [0.5, 0.6) is 0 Å². The number of aliphatic hydroxyl groups excluding tert-OH is 1. The second-order valence-corrected chi connectivity index (χ2v) is 3.37. The van der Waals surface area contributed by atoms with Crippen LogP contribution in [0.3, 0.4) is 0 Å². The maximum absolute atomic E-state index is 8.50. The summed E-state index contributed by atoms with van der Waals surface area (Å²) in [6, 6.07) is 0.427. The second-order valence-electron chi connectivity index (χ2n) is 3.37. The Bertz CT molecular complexity index is 108. The first-order chi connectivity index (χ1) is 5.33. The van der Waals surface area contributed by atoms with Gasteiger partial charge in [-0.05, 0) is 31.7 Å². The number of hydrogen-bond acceptors (Lipinski definition) is 3. The molecular formula is C8H18N2O. The van der Waals surface area contributed by atoms with Gasteiger partial charge in [0.05, 0.1) is 6.61 Å².